The summed E-state index contributed by atoms with van der Waals surface area (Å²) in [5.41, 5.74) is 5.60. The predicted molar refractivity (Wildman–Crippen MR) is 77.6 cm³/mol. The lowest BCUT2D eigenvalue weighted by atomic mass is 9.95. The van der Waals surface area contributed by atoms with Crippen LogP contribution < -0.4 is 11.1 Å². The highest BCUT2D eigenvalue weighted by Gasteiger charge is 2.34. The normalized spacial score (nSPS) is 13.6. The van der Waals surface area contributed by atoms with Gasteiger partial charge in [-0.25, -0.2) is 4.79 Å². The summed E-state index contributed by atoms with van der Waals surface area (Å²) in [7, 11) is 0. The first-order valence-electron chi connectivity index (χ1n) is 6.78. The molecule has 0 fully saturated rings. The Bertz CT molecular complexity index is 488. The van der Waals surface area contributed by atoms with Gasteiger partial charge in [0.05, 0.1) is 0 Å². The topological polar surface area (TPSA) is 92.4 Å². The average molecular weight is 278 g/mol. The predicted octanol–water partition coefficient (Wildman–Crippen LogP) is 1.56. The Labute approximate surface area is 119 Å². The Morgan fingerprint density at radius 1 is 1.35 bits per heavy atom. The lowest BCUT2D eigenvalue weighted by Crippen LogP contribution is -2.52. The van der Waals surface area contributed by atoms with Crippen molar-refractivity contribution >= 4 is 11.9 Å². The highest BCUT2D eigenvalue weighted by atomic mass is 16.4. The fourth-order valence-corrected chi connectivity index (χ4v) is 2.16. The van der Waals surface area contributed by atoms with Crippen molar-refractivity contribution in [2.75, 3.05) is 6.54 Å². The fraction of sp³-hybridized carbons (Fsp3) is 0.467. The summed E-state index contributed by atoms with van der Waals surface area (Å²) in [4.78, 5) is 23.7. The SMILES string of the molecule is CCCC(C)(NC(=O)c1ccccc1CCN)C(=O)O. The minimum atomic E-state index is -1.25. The molecule has 0 aliphatic heterocycles. The van der Waals surface area contributed by atoms with Gasteiger partial charge in [-0.15, -0.1) is 0 Å². The molecule has 4 N–H and O–H groups in total. The molecule has 1 aromatic rings. The second-order valence-corrected chi connectivity index (χ2v) is 5.04. The summed E-state index contributed by atoms with van der Waals surface area (Å²) in [6.07, 6.45) is 1.64. The number of carboxylic acids is 1. The Balaban J connectivity index is 2.98. The highest BCUT2D eigenvalue weighted by molar-refractivity contribution is 5.98. The molecule has 0 radical (unpaired) electrons. The molecule has 1 rings (SSSR count). The van der Waals surface area contributed by atoms with Crippen LogP contribution in [0, 0.1) is 0 Å². The van der Waals surface area contributed by atoms with Crippen LogP contribution in [0.3, 0.4) is 0 Å². The van der Waals surface area contributed by atoms with E-state index in [1.807, 2.05) is 19.1 Å². The van der Waals surface area contributed by atoms with Crippen LogP contribution in [0.5, 0.6) is 0 Å². The molecule has 0 aromatic heterocycles. The zero-order valence-corrected chi connectivity index (χ0v) is 12.0. The standard InChI is InChI=1S/C15H22N2O3/c1-3-9-15(2,14(19)20)17-13(18)12-7-5-4-6-11(12)8-10-16/h4-7H,3,8-10,16H2,1-2H3,(H,17,18)(H,19,20). The molecular formula is C15H22N2O3. The lowest BCUT2D eigenvalue weighted by Gasteiger charge is -2.26. The fourth-order valence-electron chi connectivity index (χ4n) is 2.16. The number of nitrogens with one attached hydrogen (secondary N) is 1. The number of aliphatic carboxylic acids is 1. The number of carbonyl (C=O) groups is 2. The van der Waals surface area contributed by atoms with Gasteiger partial charge >= 0.3 is 5.97 Å². The van der Waals surface area contributed by atoms with Crippen LogP contribution in [0.2, 0.25) is 0 Å². The maximum absolute atomic E-state index is 12.3. The van der Waals surface area contributed by atoms with Gasteiger partial charge in [-0.2, -0.15) is 0 Å². The van der Waals surface area contributed by atoms with Gasteiger partial charge in [0.2, 0.25) is 0 Å². The lowest BCUT2D eigenvalue weighted by molar-refractivity contribution is -0.144. The quantitative estimate of drug-likeness (QED) is 0.705. The zero-order valence-electron chi connectivity index (χ0n) is 12.0. The van der Waals surface area contributed by atoms with Crippen molar-refractivity contribution in [2.45, 2.75) is 38.6 Å². The van der Waals surface area contributed by atoms with Gasteiger partial charge in [0, 0.05) is 5.56 Å². The smallest absolute Gasteiger partial charge is 0.329 e. The van der Waals surface area contributed by atoms with E-state index in [-0.39, 0.29) is 5.91 Å². The first kappa shape index (κ1) is 16.2. The Morgan fingerprint density at radius 2 is 2.00 bits per heavy atom. The van der Waals surface area contributed by atoms with Crippen LogP contribution >= 0.6 is 0 Å². The van der Waals surface area contributed by atoms with Crippen LogP contribution in [0.15, 0.2) is 24.3 Å². The third kappa shape index (κ3) is 3.81. The molecule has 0 saturated carbocycles. The molecule has 1 unspecified atom stereocenters. The van der Waals surface area contributed by atoms with Gasteiger partial charge in [0.1, 0.15) is 5.54 Å². The van der Waals surface area contributed by atoms with Gasteiger partial charge in [0.25, 0.3) is 5.91 Å². The minimum Gasteiger partial charge on any atom is -0.480 e. The third-order valence-electron chi connectivity index (χ3n) is 3.29. The summed E-state index contributed by atoms with van der Waals surface area (Å²) in [6.45, 7) is 3.85. The van der Waals surface area contributed by atoms with Crippen molar-refractivity contribution in [2.24, 2.45) is 5.73 Å². The number of nitrogens with two attached hydrogens (primary N) is 1. The van der Waals surface area contributed by atoms with E-state index in [1.165, 1.54) is 6.92 Å². The molecule has 1 amide bonds. The van der Waals surface area contributed by atoms with Gasteiger partial charge < -0.3 is 16.2 Å². The minimum absolute atomic E-state index is 0.368. The molecule has 0 heterocycles. The maximum atomic E-state index is 12.3. The second-order valence-electron chi connectivity index (χ2n) is 5.04. The maximum Gasteiger partial charge on any atom is 0.329 e. The molecule has 0 aliphatic carbocycles. The Hall–Kier alpha value is -1.88. The molecule has 5 heteroatoms. The number of hydrogen-bond acceptors (Lipinski definition) is 3. The van der Waals surface area contributed by atoms with E-state index < -0.39 is 11.5 Å². The van der Waals surface area contributed by atoms with Crippen LogP contribution in [-0.4, -0.2) is 29.1 Å². The average Bonchev–Trinajstić information content (AvgIpc) is 2.39. The second kappa shape index (κ2) is 7.05. The first-order valence-corrected chi connectivity index (χ1v) is 6.78. The van der Waals surface area contributed by atoms with Gasteiger partial charge in [-0.3, -0.25) is 4.79 Å². The first-order chi connectivity index (χ1) is 9.44. The van der Waals surface area contributed by atoms with Gasteiger partial charge in [-0.05, 0) is 37.9 Å². The molecular weight excluding hydrogens is 256 g/mol. The van der Waals surface area contributed by atoms with Crippen molar-refractivity contribution in [3.05, 3.63) is 35.4 Å². The molecule has 110 valence electrons. The third-order valence-corrected chi connectivity index (χ3v) is 3.29. The van der Waals surface area contributed by atoms with Crippen molar-refractivity contribution < 1.29 is 14.7 Å². The van der Waals surface area contributed by atoms with Crippen molar-refractivity contribution in [3.63, 3.8) is 0 Å². The van der Waals surface area contributed by atoms with E-state index in [1.54, 1.807) is 12.1 Å². The number of benzene rings is 1. The highest BCUT2D eigenvalue weighted by Crippen LogP contribution is 2.16. The molecule has 0 bridgehead atoms. The summed E-state index contributed by atoms with van der Waals surface area (Å²) in [5, 5.41) is 11.9. The summed E-state index contributed by atoms with van der Waals surface area (Å²) >= 11 is 0. The van der Waals surface area contributed by atoms with E-state index in [4.69, 9.17) is 5.73 Å². The molecule has 0 spiro atoms. The van der Waals surface area contributed by atoms with Crippen LogP contribution in [0.1, 0.15) is 42.6 Å². The van der Waals surface area contributed by atoms with E-state index in [9.17, 15) is 14.7 Å². The molecule has 0 aliphatic rings. The number of carboxylic acid groups (broad SMARTS) is 1. The van der Waals surface area contributed by atoms with Crippen molar-refractivity contribution in [3.8, 4) is 0 Å². The zero-order chi connectivity index (χ0) is 15.2. The van der Waals surface area contributed by atoms with Gasteiger partial charge in [0.15, 0.2) is 0 Å². The molecule has 1 aromatic carbocycles. The van der Waals surface area contributed by atoms with Crippen LogP contribution in [0.25, 0.3) is 0 Å². The molecule has 1 atom stereocenters. The molecule has 20 heavy (non-hydrogen) atoms. The monoisotopic (exact) mass is 278 g/mol. The molecule has 0 saturated heterocycles. The number of hydrogen-bond donors (Lipinski definition) is 3. The molecule has 5 nitrogen and oxygen atoms in total. The summed E-state index contributed by atoms with van der Waals surface area (Å²) < 4.78 is 0. The summed E-state index contributed by atoms with van der Waals surface area (Å²) in [5.74, 6) is -1.39. The van der Waals surface area contributed by atoms with Crippen LogP contribution in [0.4, 0.5) is 0 Å². The Morgan fingerprint density at radius 3 is 2.55 bits per heavy atom. The van der Waals surface area contributed by atoms with E-state index >= 15 is 0 Å². The van der Waals surface area contributed by atoms with Crippen LogP contribution in [-0.2, 0) is 11.2 Å². The Kier molecular flexibility index (Phi) is 5.70. The number of carbonyl (C=O) groups excluding carboxylic acids is 1. The van der Waals surface area contributed by atoms with Gasteiger partial charge in [-0.1, -0.05) is 31.5 Å². The van der Waals surface area contributed by atoms with Crippen molar-refractivity contribution in [1.29, 1.82) is 0 Å². The van der Waals surface area contributed by atoms with E-state index in [0.29, 0.717) is 31.4 Å². The summed E-state index contributed by atoms with van der Waals surface area (Å²) in [6, 6.07) is 7.12. The van der Waals surface area contributed by atoms with E-state index in [2.05, 4.69) is 5.32 Å². The number of rotatable bonds is 7. The number of amides is 1. The van der Waals surface area contributed by atoms with E-state index in [0.717, 1.165) is 5.56 Å². The largest absolute Gasteiger partial charge is 0.480 e. The van der Waals surface area contributed by atoms with Crippen molar-refractivity contribution in [1.82, 2.24) is 5.32 Å².